The van der Waals surface area contributed by atoms with E-state index in [1.54, 1.807) is 13.3 Å². The Morgan fingerprint density at radius 1 is 1.38 bits per heavy atom. The van der Waals surface area contributed by atoms with Gasteiger partial charge in [0.15, 0.2) is 0 Å². The van der Waals surface area contributed by atoms with Crippen LogP contribution < -0.4 is 5.32 Å². The summed E-state index contributed by atoms with van der Waals surface area (Å²) >= 11 is 0. The molecule has 1 aromatic rings. The van der Waals surface area contributed by atoms with Crippen LogP contribution in [-0.4, -0.2) is 27.2 Å². The van der Waals surface area contributed by atoms with Gasteiger partial charge in [-0.25, -0.2) is 9.97 Å². The van der Waals surface area contributed by atoms with Gasteiger partial charge in [-0.1, -0.05) is 13.3 Å². The molecule has 0 aromatic carbocycles. The first kappa shape index (κ1) is 12.9. The second kappa shape index (κ2) is 6.43. The van der Waals surface area contributed by atoms with Crippen LogP contribution in [0, 0.1) is 0 Å². The van der Waals surface area contributed by atoms with Gasteiger partial charge in [0.05, 0.1) is 6.10 Å². The maximum atomic E-state index is 9.27. The lowest BCUT2D eigenvalue weighted by atomic mass is 10.1. The van der Waals surface area contributed by atoms with E-state index in [-0.39, 0.29) is 12.1 Å². The number of anilines is 1. The van der Waals surface area contributed by atoms with Crippen LogP contribution in [0.15, 0.2) is 12.4 Å². The fraction of sp³-hybridized carbons (Fsp3) is 0.667. The van der Waals surface area contributed by atoms with Crippen molar-refractivity contribution in [2.24, 2.45) is 0 Å². The summed E-state index contributed by atoms with van der Waals surface area (Å²) in [6, 6.07) is 2.19. The highest BCUT2D eigenvalue weighted by Gasteiger charge is 2.06. The molecule has 0 saturated heterocycles. The van der Waals surface area contributed by atoms with Gasteiger partial charge < -0.3 is 10.4 Å². The van der Waals surface area contributed by atoms with Crippen molar-refractivity contribution in [2.45, 2.75) is 52.2 Å². The molecule has 90 valence electrons. The van der Waals surface area contributed by atoms with Crippen molar-refractivity contribution in [2.75, 3.05) is 5.32 Å². The fourth-order valence-electron chi connectivity index (χ4n) is 1.69. The highest BCUT2D eigenvalue weighted by molar-refractivity contribution is 5.35. The number of hydrogen-bond donors (Lipinski definition) is 2. The topological polar surface area (TPSA) is 58.0 Å². The minimum absolute atomic E-state index is 0.212. The quantitative estimate of drug-likeness (QED) is 0.774. The molecule has 16 heavy (non-hydrogen) atoms. The Morgan fingerprint density at radius 3 is 2.75 bits per heavy atom. The summed E-state index contributed by atoms with van der Waals surface area (Å²) in [5.41, 5.74) is 1.06. The highest BCUT2D eigenvalue weighted by Crippen LogP contribution is 2.09. The van der Waals surface area contributed by atoms with Gasteiger partial charge in [-0.2, -0.15) is 0 Å². The first-order valence-electron chi connectivity index (χ1n) is 5.87. The van der Waals surface area contributed by atoms with Gasteiger partial charge >= 0.3 is 0 Å². The van der Waals surface area contributed by atoms with Gasteiger partial charge in [-0.05, 0) is 26.7 Å². The molecule has 0 radical (unpaired) electrons. The zero-order valence-corrected chi connectivity index (χ0v) is 10.3. The first-order valence-corrected chi connectivity index (χ1v) is 5.87. The Bertz CT molecular complexity index is 315. The van der Waals surface area contributed by atoms with E-state index in [0.29, 0.717) is 6.42 Å². The number of hydrogen-bond acceptors (Lipinski definition) is 4. The number of nitrogens with one attached hydrogen (secondary N) is 1. The molecule has 4 heteroatoms. The number of aliphatic hydroxyl groups is 1. The number of aromatic nitrogens is 2. The van der Waals surface area contributed by atoms with Crippen molar-refractivity contribution in [1.82, 2.24) is 9.97 Å². The second-order valence-corrected chi connectivity index (χ2v) is 4.27. The first-order chi connectivity index (χ1) is 7.61. The van der Waals surface area contributed by atoms with Crippen molar-refractivity contribution in [3.05, 3.63) is 18.1 Å². The third-order valence-corrected chi connectivity index (χ3v) is 2.32. The number of aryl methyl sites for hydroxylation is 1. The monoisotopic (exact) mass is 223 g/mol. The summed E-state index contributed by atoms with van der Waals surface area (Å²) in [4.78, 5) is 8.36. The average Bonchev–Trinajstić information content (AvgIpc) is 2.17. The maximum Gasteiger partial charge on any atom is 0.129 e. The molecule has 2 unspecified atom stereocenters. The van der Waals surface area contributed by atoms with Crippen LogP contribution >= 0.6 is 0 Å². The van der Waals surface area contributed by atoms with E-state index >= 15 is 0 Å². The van der Waals surface area contributed by atoms with Crippen molar-refractivity contribution < 1.29 is 5.11 Å². The third-order valence-electron chi connectivity index (χ3n) is 2.32. The average molecular weight is 223 g/mol. The SMILES string of the molecule is CCCc1cc(NC(C)CC(C)O)ncn1. The molecule has 0 spiro atoms. The summed E-state index contributed by atoms with van der Waals surface area (Å²) in [6.45, 7) is 5.96. The largest absolute Gasteiger partial charge is 0.393 e. The van der Waals surface area contributed by atoms with Crippen LogP contribution in [0.2, 0.25) is 0 Å². The minimum Gasteiger partial charge on any atom is -0.393 e. The van der Waals surface area contributed by atoms with Crippen molar-refractivity contribution >= 4 is 5.82 Å². The van der Waals surface area contributed by atoms with E-state index in [2.05, 4.69) is 22.2 Å². The van der Waals surface area contributed by atoms with E-state index in [1.807, 2.05) is 13.0 Å². The Hall–Kier alpha value is -1.16. The normalized spacial score (nSPS) is 14.5. The Labute approximate surface area is 97.1 Å². The molecule has 0 aliphatic heterocycles. The number of nitrogens with zero attached hydrogens (tertiary/aromatic N) is 2. The Balaban J connectivity index is 2.55. The smallest absolute Gasteiger partial charge is 0.129 e. The fourth-order valence-corrected chi connectivity index (χ4v) is 1.69. The molecule has 1 aromatic heterocycles. The van der Waals surface area contributed by atoms with Crippen molar-refractivity contribution in [1.29, 1.82) is 0 Å². The molecule has 1 rings (SSSR count). The predicted molar refractivity (Wildman–Crippen MR) is 65.4 cm³/mol. The number of rotatable bonds is 6. The van der Waals surface area contributed by atoms with Crippen LogP contribution in [0.5, 0.6) is 0 Å². The van der Waals surface area contributed by atoms with Crippen LogP contribution in [0.3, 0.4) is 0 Å². The molecule has 0 aliphatic carbocycles. The molecule has 2 N–H and O–H groups in total. The molecule has 0 fully saturated rings. The van der Waals surface area contributed by atoms with Gasteiger partial charge in [0.25, 0.3) is 0 Å². The summed E-state index contributed by atoms with van der Waals surface area (Å²) in [7, 11) is 0. The van der Waals surface area contributed by atoms with Crippen molar-refractivity contribution in [3.63, 3.8) is 0 Å². The summed E-state index contributed by atoms with van der Waals surface area (Å²) < 4.78 is 0. The molecule has 2 atom stereocenters. The lowest BCUT2D eigenvalue weighted by Crippen LogP contribution is -2.21. The molecule has 4 nitrogen and oxygen atoms in total. The molecular formula is C12H21N3O. The van der Waals surface area contributed by atoms with Gasteiger partial charge in [0.2, 0.25) is 0 Å². The third kappa shape index (κ3) is 4.57. The molecule has 0 saturated carbocycles. The summed E-state index contributed by atoms with van der Waals surface area (Å²) in [6.07, 6.45) is 4.07. The van der Waals surface area contributed by atoms with E-state index in [0.717, 1.165) is 24.4 Å². The van der Waals surface area contributed by atoms with E-state index in [4.69, 9.17) is 0 Å². The predicted octanol–water partition coefficient (Wildman–Crippen LogP) is 2.00. The van der Waals surface area contributed by atoms with Crippen molar-refractivity contribution in [3.8, 4) is 0 Å². The number of aliphatic hydroxyl groups excluding tert-OH is 1. The Morgan fingerprint density at radius 2 is 2.12 bits per heavy atom. The maximum absolute atomic E-state index is 9.27. The lowest BCUT2D eigenvalue weighted by Gasteiger charge is -2.16. The molecule has 1 heterocycles. The Kier molecular flexibility index (Phi) is 5.19. The minimum atomic E-state index is -0.292. The van der Waals surface area contributed by atoms with E-state index in [1.165, 1.54) is 0 Å². The standard InChI is InChI=1S/C12H21N3O/c1-4-5-11-7-12(14-8-13-11)15-9(2)6-10(3)16/h7-10,16H,4-6H2,1-3H3,(H,13,14,15). The zero-order valence-electron chi connectivity index (χ0n) is 10.3. The zero-order chi connectivity index (χ0) is 12.0. The molecule has 0 amide bonds. The molecular weight excluding hydrogens is 202 g/mol. The van der Waals surface area contributed by atoms with E-state index in [9.17, 15) is 5.11 Å². The van der Waals surface area contributed by atoms with Crippen LogP contribution in [0.25, 0.3) is 0 Å². The van der Waals surface area contributed by atoms with Crippen LogP contribution in [0.4, 0.5) is 5.82 Å². The van der Waals surface area contributed by atoms with Gasteiger partial charge in [0, 0.05) is 17.8 Å². The molecule has 0 aliphatic rings. The van der Waals surface area contributed by atoms with E-state index < -0.39 is 0 Å². The van der Waals surface area contributed by atoms with Gasteiger partial charge in [-0.3, -0.25) is 0 Å². The summed E-state index contributed by atoms with van der Waals surface area (Å²) in [5.74, 6) is 0.839. The second-order valence-electron chi connectivity index (χ2n) is 4.27. The summed E-state index contributed by atoms with van der Waals surface area (Å²) in [5, 5.41) is 12.5. The van der Waals surface area contributed by atoms with Gasteiger partial charge in [0.1, 0.15) is 12.1 Å². The lowest BCUT2D eigenvalue weighted by molar-refractivity contribution is 0.179. The highest BCUT2D eigenvalue weighted by atomic mass is 16.3. The molecule has 0 bridgehead atoms. The van der Waals surface area contributed by atoms with Crippen LogP contribution in [-0.2, 0) is 6.42 Å². The van der Waals surface area contributed by atoms with Crippen LogP contribution in [0.1, 0.15) is 39.3 Å². The van der Waals surface area contributed by atoms with Gasteiger partial charge in [-0.15, -0.1) is 0 Å².